The van der Waals surface area contributed by atoms with E-state index in [-0.39, 0.29) is 4.90 Å². The summed E-state index contributed by atoms with van der Waals surface area (Å²) in [6.45, 7) is 6.40. The lowest BCUT2D eigenvalue weighted by Gasteiger charge is -2.20. The molecule has 0 aliphatic rings. The monoisotopic (exact) mass is 347 g/mol. The predicted octanol–water partition coefficient (Wildman–Crippen LogP) is 3.48. The summed E-state index contributed by atoms with van der Waals surface area (Å²) in [5.41, 5.74) is 0.551. The summed E-state index contributed by atoms with van der Waals surface area (Å²) in [5.74, 6) is 1.30. The van der Waals surface area contributed by atoms with E-state index in [0.717, 1.165) is 0 Å². The zero-order valence-corrected chi connectivity index (χ0v) is 14.6. The van der Waals surface area contributed by atoms with Gasteiger partial charge >= 0.3 is 0 Å². The highest BCUT2D eigenvalue weighted by molar-refractivity contribution is 7.92. The third-order valence-electron chi connectivity index (χ3n) is 3.36. The number of hydrogen-bond acceptors (Lipinski definition) is 4. The van der Waals surface area contributed by atoms with Gasteiger partial charge in [-0.05, 0) is 55.5 Å². The molecular formula is C18H21NO4S. The van der Waals surface area contributed by atoms with E-state index in [1.54, 1.807) is 54.6 Å². The van der Waals surface area contributed by atoms with Crippen LogP contribution in [-0.4, -0.2) is 28.7 Å². The van der Waals surface area contributed by atoms with Crippen molar-refractivity contribution in [1.29, 1.82) is 0 Å². The molecule has 128 valence electrons. The summed E-state index contributed by atoms with van der Waals surface area (Å²) < 4.78 is 37.4. The molecule has 0 saturated carbocycles. The Balaban J connectivity index is 2.20. The van der Waals surface area contributed by atoms with Gasteiger partial charge in [-0.3, -0.25) is 4.31 Å². The minimum absolute atomic E-state index is 0.209. The molecule has 0 bridgehead atoms. The Bertz CT molecular complexity index is 768. The lowest BCUT2D eigenvalue weighted by molar-refractivity contribution is 0.340. The molecule has 0 heterocycles. The van der Waals surface area contributed by atoms with E-state index in [2.05, 4.69) is 6.58 Å². The van der Waals surface area contributed by atoms with Crippen LogP contribution in [0.2, 0.25) is 0 Å². The molecule has 0 atom stereocenters. The van der Waals surface area contributed by atoms with Crippen LogP contribution in [-0.2, 0) is 10.0 Å². The normalized spacial score (nSPS) is 10.9. The quantitative estimate of drug-likeness (QED) is 0.686. The van der Waals surface area contributed by atoms with Crippen molar-refractivity contribution in [3.05, 3.63) is 61.2 Å². The minimum atomic E-state index is -3.63. The van der Waals surface area contributed by atoms with E-state index in [9.17, 15) is 8.42 Å². The Morgan fingerprint density at radius 2 is 1.54 bits per heavy atom. The largest absolute Gasteiger partial charge is 0.494 e. The SMILES string of the molecule is C=CCOc1ccc(N(C)S(=O)(=O)c2ccc(OCC)cc2)cc1. The van der Waals surface area contributed by atoms with Gasteiger partial charge in [0.1, 0.15) is 18.1 Å². The number of sulfonamides is 1. The average Bonchev–Trinajstić information content (AvgIpc) is 2.60. The Morgan fingerprint density at radius 1 is 1.00 bits per heavy atom. The molecule has 0 N–H and O–H groups in total. The van der Waals surface area contributed by atoms with Crippen molar-refractivity contribution in [2.24, 2.45) is 0 Å². The third-order valence-corrected chi connectivity index (χ3v) is 5.16. The van der Waals surface area contributed by atoms with Crippen LogP contribution in [0.25, 0.3) is 0 Å². The molecule has 0 saturated heterocycles. The van der Waals surface area contributed by atoms with E-state index >= 15 is 0 Å². The molecule has 0 radical (unpaired) electrons. The van der Waals surface area contributed by atoms with Gasteiger partial charge in [-0.2, -0.15) is 0 Å². The van der Waals surface area contributed by atoms with Crippen LogP contribution < -0.4 is 13.8 Å². The second-order valence-electron chi connectivity index (χ2n) is 4.97. The first-order valence-electron chi connectivity index (χ1n) is 7.54. The van der Waals surface area contributed by atoms with E-state index in [0.29, 0.717) is 30.4 Å². The van der Waals surface area contributed by atoms with Crippen molar-refractivity contribution in [3.63, 3.8) is 0 Å². The second-order valence-corrected chi connectivity index (χ2v) is 6.94. The zero-order chi connectivity index (χ0) is 17.6. The second kappa shape index (κ2) is 7.88. The first-order valence-corrected chi connectivity index (χ1v) is 8.98. The maximum Gasteiger partial charge on any atom is 0.264 e. The van der Waals surface area contributed by atoms with E-state index in [1.807, 2.05) is 6.92 Å². The van der Waals surface area contributed by atoms with Gasteiger partial charge < -0.3 is 9.47 Å². The lowest BCUT2D eigenvalue weighted by atomic mass is 10.3. The predicted molar refractivity (Wildman–Crippen MR) is 95.3 cm³/mol. The highest BCUT2D eigenvalue weighted by Gasteiger charge is 2.21. The molecule has 2 rings (SSSR count). The molecule has 6 heteroatoms. The molecule has 0 unspecified atom stereocenters. The van der Waals surface area contributed by atoms with E-state index < -0.39 is 10.0 Å². The van der Waals surface area contributed by atoms with Crippen molar-refractivity contribution in [1.82, 2.24) is 0 Å². The minimum Gasteiger partial charge on any atom is -0.494 e. The summed E-state index contributed by atoms with van der Waals surface area (Å²) >= 11 is 0. The van der Waals surface area contributed by atoms with Gasteiger partial charge in [-0.25, -0.2) is 8.42 Å². The maximum absolute atomic E-state index is 12.7. The van der Waals surface area contributed by atoms with Crippen LogP contribution in [0.5, 0.6) is 11.5 Å². The summed E-state index contributed by atoms with van der Waals surface area (Å²) in [6, 6.07) is 13.2. The average molecular weight is 347 g/mol. The molecule has 5 nitrogen and oxygen atoms in total. The van der Waals surface area contributed by atoms with Crippen molar-refractivity contribution < 1.29 is 17.9 Å². The van der Waals surface area contributed by atoms with E-state index in [1.165, 1.54) is 11.4 Å². The Labute approximate surface area is 143 Å². The highest BCUT2D eigenvalue weighted by atomic mass is 32.2. The molecule has 0 spiro atoms. The first kappa shape index (κ1) is 17.9. The molecule has 0 aliphatic carbocycles. The Hall–Kier alpha value is -2.47. The van der Waals surface area contributed by atoms with Crippen LogP contribution in [0.1, 0.15) is 6.92 Å². The standard InChI is InChI=1S/C18H21NO4S/c1-4-14-23-17-8-6-15(7-9-17)19(3)24(20,21)18-12-10-16(11-13-18)22-5-2/h4,6-13H,1,5,14H2,2-3H3. The maximum atomic E-state index is 12.7. The van der Waals surface area contributed by atoms with Gasteiger partial charge in [0.25, 0.3) is 10.0 Å². The van der Waals surface area contributed by atoms with Crippen molar-refractivity contribution in [2.45, 2.75) is 11.8 Å². The fourth-order valence-electron chi connectivity index (χ4n) is 2.08. The first-order chi connectivity index (χ1) is 11.5. The van der Waals surface area contributed by atoms with Crippen molar-refractivity contribution in [3.8, 4) is 11.5 Å². The van der Waals surface area contributed by atoms with Crippen molar-refractivity contribution in [2.75, 3.05) is 24.6 Å². The van der Waals surface area contributed by atoms with E-state index in [4.69, 9.17) is 9.47 Å². The molecule has 0 aromatic heterocycles. The van der Waals surface area contributed by atoms with Crippen LogP contribution >= 0.6 is 0 Å². The fraction of sp³-hybridized carbons (Fsp3) is 0.222. The van der Waals surface area contributed by atoms with Crippen LogP contribution in [0, 0.1) is 0 Å². The molecule has 0 amide bonds. The van der Waals surface area contributed by atoms with Gasteiger partial charge in [0.05, 0.1) is 17.2 Å². The third kappa shape index (κ3) is 4.08. The lowest BCUT2D eigenvalue weighted by Crippen LogP contribution is -2.26. The number of rotatable bonds is 8. The molecule has 2 aromatic rings. The summed E-state index contributed by atoms with van der Waals surface area (Å²) in [4.78, 5) is 0.209. The van der Waals surface area contributed by atoms with Gasteiger partial charge in [0.2, 0.25) is 0 Å². The van der Waals surface area contributed by atoms with Gasteiger partial charge in [0.15, 0.2) is 0 Å². The molecule has 0 fully saturated rings. The molecule has 2 aromatic carbocycles. The number of nitrogens with zero attached hydrogens (tertiary/aromatic N) is 1. The summed E-state index contributed by atoms with van der Waals surface area (Å²) in [7, 11) is -2.11. The summed E-state index contributed by atoms with van der Waals surface area (Å²) in [5, 5.41) is 0. The van der Waals surface area contributed by atoms with Gasteiger partial charge in [-0.15, -0.1) is 0 Å². The van der Waals surface area contributed by atoms with Crippen LogP contribution in [0.4, 0.5) is 5.69 Å². The van der Waals surface area contributed by atoms with Gasteiger partial charge in [0, 0.05) is 7.05 Å². The highest BCUT2D eigenvalue weighted by Crippen LogP contribution is 2.25. The van der Waals surface area contributed by atoms with Crippen molar-refractivity contribution >= 4 is 15.7 Å². The smallest absolute Gasteiger partial charge is 0.264 e. The zero-order valence-electron chi connectivity index (χ0n) is 13.8. The molecule has 24 heavy (non-hydrogen) atoms. The number of anilines is 1. The number of benzene rings is 2. The Morgan fingerprint density at radius 3 is 2.08 bits per heavy atom. The number of hydrogen-bond donors (Lipinski definition) is 0. The Kier molecular flexibility index (Phi) is 5.87. The van der Waals surface area contributed by atoms with Crippen LogP contribution in [0.3, 0.4) is 0 Å². The molecule has 0 aliphatic heterocycles. The topological polar surface area (TPSA) is 55.8 Å². The van der Waals surface area contributed by atoms with Gasteiger partial charge in [-0.1, -0.05) is 12.7 Å². The van der Waals surface area contributed by atoms with Crippen LogP contribution in [0.15, 0.2) is 66.1 Å². The number of ether oxygens (including phenoxy) is 2. The summed E-state index contributed by atoms with van der Waals surface area (Å²) in [6.07, 6.45) is 1.65. The fourth-order valence-corrected chi connectivity index (χ4v) is 3.27. The molecular weight excluding hydrogens is 326 g/mol.